The summed E-state index contributed by atoms with van der Waals surface area (Å²) in [5, 5.41) is 11.4. The molecule has 6 rings (SSSR count). The molecule has 2 aliphatic rings. The highest BCUT2D eigenvalue weighted by atomic mass is 16.5. The minimum Gasteiger partial charge on any atom is -0.378 e. The highest BCUT2D eigenvalue weighted by Gasteiger charge is 2.28. The second-order valence-corrected chi connectivity index (χ2v) is 11.0. The molecule has 11 nitrogen and oxygen atoms in total. The number of anilines is 3. The average Bonchev–Trinajstić information content (AvgIpc) is 3.45. The summed E-state index contributed by atoms with van der Waals surface area (Å²) in [5.41, 5.74) is 3.01. The van der Waals surface area contributed by atoms with Crippen LogP contribution in [0.25, 0.3) is 22.4 Å². The molecule has 0 bridgehead atoms. The van der Waals surface area contributed by atoms with Gasteiger partial charge in [0.1, 0.15) is 5.82 Å². The Balaban J connectivity index is 1.27. The van der Waals surface area contributed by atoms with Crippen LogP contribution < -0.4 is 15.5 Å². The molecule has 0 radical (unpaired) electrons. The number of morpholine rings is 1. The Morgan fingerprint density at radius 1 is 0.881 bits per heavy atom. The molecular formula is C31H36N8O3. The minimum atomic E-state index is -0.314. The summed E-state index contributed by atoms with van der Waals surface area (Å²) in [6.07, 6.45) is 3.52. The Morgan fingerprint density at radius 2 is 1.55 bits per heavy atom. The molecule has 3 amide bonds. The summed E-state index contributed by atoms with van der Waals surface area (Å²) >= 11 is 0. The Labute approximate surface area is 244 Å². The maximum atomic E-state index is 12.5. The molecule has 0 saturated carbocycles. The van der Waals surface area contributed by atoms with Crippen molar-refractivity contribution in [1.82, 2.24) is 24.6 Å². The maximum absolute atomic E-state index is 12.5. The summed E-state index contributed by atoms with van der Waals surface area (Å²) in [6.45, 7) is 8.09. The number of amides is 3. The van der Waals surface area contributed by atoms with Gasteiger partial charge in [-0.15, -0.1) is 0 Å². The van der Waals surface area contributed by atoms with E-state index in [1.807, 2.05) is 84.2 Å². The summed E-state index contributed by atoms with van der Waals surface area (Å²) in [6, 6.07) is 16.7. The van der Waals surface area contributed by atoms with Gasteiger partial charge in [0, 0.05) is 49.0 Å². The number of aromatic nitrogens is 4. The Kier molecular flexibility index (Phi) is 8.00. The number of carbonyl (C=O) groups excluding carboxylic acids is 2. The van der Waals surface area contributed by atoms with Crippen LogP contribution in [0.1, 0.15) is 32.7 Å². The fraction of sp³-hybridized carbons (Fsp3) is 0.387. The second-order valence-electron chi connectivity index (χ2n) is 11.0. The van der Waals surface area contributed by atoms with Gasteiger partial charge < -0.3 is 25.2 Å². The number of piperidine rings is 1. The van der Waals surface area contributed by atoms with Gasteiger partial charge in [-0.3, -0.25) is 4.79 Å². The Hall–Kier alpha value is -4.51. The molecule has 0 atom stereocenters. The largest absolute Gasteiger partial charge is 0.378 e. The summed E-state index contributed by atoms with van der Waals surface area (Å²) in [7, 11) is 0. The third kappa shape index (κ3) is 5.91. The number of nitrogens with one attached hydrogen (secondary N) is 2. The number of nitrogens with zero attached hydrogens (tertiary/aromatic N) is 6. The van der Waals surface area contributed by atoms with Crippen LogP contribution in [-0.2, 0) is 9.53 Å². The zero-order chi connectivity index (χ0) is 29.1. The molecule has 2 saturated heterocycles. The highest BCUT2D eigenvalue weighted by molar-refractivity contribution is 5.99. The van der Waals surface area contributed by atoms with Crippen molar-refractivity contribution >= 4 is 40.2 Å². The number of carbonyl (C=O) groups is 2. The van der Waals surface area contributed by atoms with Crippen molar-refractivity contribution in [2.75, 3.05) is 54.9 Å². The van der Waals surface area contributed by atoms with E-state index in [0.29, 0.717) is 37.8 Å². The van der Waals surface area contributed by atoms with E-state index in [4.69, 9.17) is 19.8 Å². The summed E-state index contributed by atoms with van der Waals surface area (Å²) < 4.78 is 7.62. The second kappa shape index (κ2) is 12.2. The number of hydrogen-bond acceptors (Lipinski definition) is 7. The van der Waals surface area contributed by atoms with Crippen LogP contribution in [0.5, 0.6) is 0 Å². The lowest BCUT2D eigenvalue weighted by Crippen LogP contribution is -2.41. The lowest BCUT2D eigenvalue weighted by molar-refractivity contribution is -0.135. The number of urea groups is 1. The van der Waals surface area contributed by atoms with Crippen molar-refractivity contribution < 1.29 is 14.3 Å². The molecule has 2 N–H and O–H groups in total. The van der Waals surface area contributed by atoms with Gasteiger partial charge in [0.2, 0.25) is 5.91 Å². The molecule has 2 aromatic carbocycles. The van der Waals surface area contributed by atoms with Gasteiger partial charge in [0.25, 0.3) is 0 Å². The molecule has 0 aliphatic carbocycles. The van der Waals surface area contributed by atoms with Gasteiger partial charge in [-0.2, -0.15) is 5.10 Å². The van der Waals surface area contributed by atoms with Crippen molar-refractivity contribution in [3.63, 3.8) is 0 Å². The fourth-order valence-corrected chi connectivity index (χ4v) is 5.54. The molecule has 0 spiro atoms. The predicted octanol–water partition coefficient (Wildman–Crippen LogP) is 4.79. The van der Waals surface area contributed by atoms with Gasteiger partial charge in [-0.05, 0) is 49.2 Å². The monoisotopic (exact) mass is 568 g/mol. The van der Waals surface area contributed by atoms with Gasteiger partial charge in [0.15, 0.2) is 11.5 Å². The van der Waals surface area contributed by atoms with Crippen LogP contribution in [-0.4, -0.2) is 76.0 Å². The molecule has 11 heteroatoms. The Bertz CT molecular complexity index is 1540. The molecule has 42 heavy (non-hydrogen) atoms. The normalized spacial score (nSPS) is 16.2. The summed E-state index contributed by atoms with van der Waals surface area (Å²) in [4.78, 5) is 39.2. The van der Waals surface area contributed by atoms with E-state index in [9.17, 15) is 9.59 Å². The van der Waals surface area contributed by atoms with E-state index < -0.39 is 0 Å². The number of hydrogen-bond donors (Lipinski definition) is 2. The summed E-state index contributed by atoms with van der Waals surface area (Å²) in [5.74, 6) is 1.65. The number of ether oxygens (including phenoxy) is 1. The molecular weight excluding hydrogens is 532 g/mol. The average molecular weight is 569 g/mol. The van der Waals surface area contributed by atoms with Crippen molar-refractivity contribution in [3.8, 4) is 11.4 Å². The third-order valence-electron chi connectivity index (χ3n) is 7.79. The zero-order valence-corrected chi connectivity index (χ0v) is 24.0. The lowest BCUT2D eigenvalue weighted by Gasteiger charge is -2.33. The molecule has 2 aliphatic heterocycles. The first kappa shape index (κ1) is 27.6. The zero-order valence-electron chi connectivity index (χ0n) is 24.0. The first-order valence-electron chi connectivity index (χ1n) is 14.6. The maximum Gasteiger partial charge on any atom is 0.323 e. The quantitative estimate of drug-likeness (QED) is 0.343. The number of benzene rings is 2. The van der Waals surface area contributed by atoms with Crippen LogP contribution >= 0.6 is 0 Å². The van der Waals surface area contributed by atoms with E-state index in [2.05, 4.69) is 15.5 Å². The van der Waals surface area contributed by atoms with E-state index in [1.165, 1.54) is 0 Å². The standard InChI is InChI=1S/C31H36N8O3/c1-21(2)30(40)38-14-12-25(13-15-38)39-29-26(20-32-39)28(37-16-18-42-19-17-37)35-27(36-29)22-8-10-24(11-9-22)34-31(41)33-23-6-4-3-5-7-23/h3-11,20-21,25H,12-19H2,1-2H3,(H2,33,34,41). The number of fused-ring (bicyclic) bond motifs is 1. The van der Waals surface area contributed by atoms with Gasteiger partial charge in [-0.1, -0.05) is 32.0 Å². The van der Waals surface area contributed by atoms with Crippen molar-refractivity contribution in [1.29, 1.82) is 0 Å². The van der Waals surface area contributed by atoms with E-state index >= 15 is 0 Å². The minimum absolute atomic E-state index is 0.00158. The van der Waals surface area contributed by atoms with Gasteiger partial charge in [0.05, 0.1) is 30.8 Å². The number of rotatable bonds is 6. The topological polar surface area (TPSA) is 118 Å². The molecule has 4 heterocycles. The van der Waals surface area contributed by atoms with Crippen LogP contribution in [0.15, 0.2) is 60.8 Å². The first-order chi connectivity index (χ1) is 20.5. The first-order valence-corrected chi connectivity index (χ1v) is 14.6. The molecule has 4 aromatic rings. The Morgan fingerprint density at radius 3 is 2.21 bits per heavy atom. The number of para-hydroxylation sites is 1. The van der Waals surface area contributed by atoms with E-state index in [1.54, 1.807) is 0 Å². The molecule has 0 unspecified atom stereocenters. The van der Waals surface area contributed by atoms with Crippen molar-refractivity contribution in [3.05, 3.63) is 60.8 Å². The highest BCUT2D eigenvalue weighted by Crippen LogP contribution is 2.32. The molecule has 2 fully saturated rings. The molecule has 2 aromatic heterocycles. The fourth-order valence-electron chi connectivity index (χ4n) is 5.54. The van der Waals surface area contributed by atoms with E-state index in [-0.39, 0.29) is 23.9 Å². The predicted molar refractivity (Wildman–Crippen MR) is 163 cm³/mol. The molecule has 218 valence electrons. The van der Waals surface area contributed by atoms with Crippen LogP contribution in [0.2, 0.25) is 0 Å². The third-order valence-corrected chi connectivity index (χ3v) is 7.79. The van der Waals surface area contributed by atoms with Gasteiger partial charge in [-0.25, -0.2) is 19.4 Å². The lowest BCUT2D eigenvalue weighted by atomic mass is 10.0. The van der Waals surface area contributed by atoms with Crippen molar-refractivity contribution in [2.24, 2.45) is 5.92 Å². The number of likely N-dealkylation sites (tertiary alicyclic amines) is 1. The van der Waals surface area contributed by atoms with Gasteiger partial charge >= 0.3 is 6.03 Å². The van der Waals surface area contributed by atoms with Crippen molar-refractivity contribution in [2.45, 2.75) is 32.7 Å². The van der Waals surface area contributed by atoms with Crippen LogP contribution in [0, 0.1) is 5.92 Å². The SMILES string of the molecule is CC(C)C(=O)N1CCC(n2ncc3c(N4CCOCC4)nc(-c4ccc(NC(=O)Nc5ccccc5)cc4)nc32)CC1. The van der Waals surface area contributed by atoms with E-state index in [0.717, 1.165) is 54.0 Å². The van der Waals surface area contributed by atoms with Crippen LogP contribution in [0.3, 0.4) is 0 Å². The smallest absolute Gasteiger partial charge is 0.323 e. The van der Waals surface area contributed by atoms with Crippen LogP contribution in [0.4, 0.5) is 22.0 Å².